The topological polar surface area (TPSA) is 138 Å². The van der Waals surface area contributed by atoms with E-state index in [9.17, 15) is 23.9 Å². The number of thioether (sulfide) groups is 2. The predicted octanol–water partition coefficient (Wildman–Crippen LogP) is -5.22. The summed E-state index contributed by atoms with van der Waals surface area (Å²) in [6, 6.07) is 2.81. The molecule has 16 heteroatoms. The first-order valence-corrected chi connectivity index (χ1v) is 14.0. The molecule has 0 aliphatic carbocycles. The summed E-state index contributed by atoms with van der Waals surface area (Å²) < 4.78 is 12.6. The maximum atomic E-state index is 12.7. The van der Waals surface area contributed by atoms with Crippen molar-refractivity contribution in [3.8, 4) is 0 Å². The number of rotatable bonds is 7. The number of hydrogen-bond acceptors (Lipinski definition) is 11. The number of nitrogens with zero attached hydrogens (tertiary/aromatic N) is 3. The van der Waals surface area contributed by atoms with Gasteiger partial charge in [-0.3, -0.25) is 14.5 Å². The van der Waals surface area contributed by atoms with Gasteiger partial charge in [0.25, 0.3) is 5.91 Å². The van der Waals surface area contributed by atoms with E-state index in [-0.39, 0.29) is 82.9 Å². The van der Waals surface area contributed by atoms with E-state index in [0.29, 0.717) is 9.91 Å². The third kappa shape index (κ3) is 6.51. The van der Waals surface area contributed by atoms with Crippen molar-refractivity contribution in [2.45, 2.75) is 29.1 Å². The fraction of sp³-hybridized carbons (Fsp3) is 0.375. The zero-order valence-corrected chi connectivity index (χ0v) is 25.6. The molecule has 2 aromatic rings. The van der Waals surface area contributed by atoms with Crippen LogP contribution in [0, 0.1) is 6.92 Å². The van der Waals surface area contributed by atoms with Crippen LogP contribution in [0.5, 0.6) is 0 Å². The van der Waals surface area contributed by atoms with Crippen LogP contribution in [0.2, 0.25) is 0 Å². The van der Waals surface area contributed by atoms with Crippen molar-refractivity contribution in [1.29, 1.82) is 0 Å². The Hall–Kier alpha value is 0.790. The quantitative estimate of drug-likeness (QED) is 0.156. The second-order valence-corrected chi connectivity index (χ2v) is 12.5. The molecule has 4 rings (SSSR count). The SMILES string of the molecule is Cc1nnc(SCC2=C(P(=O)([O-])[O-])N3C(=O)[C@@H](NC(=O)Cc4cccs4)[C@@H]3SC2)s1.[Na+].[Na+]. The summed E-state index contributed by atoms with van der Waals surface area (Å²) >= 11 is 5.42. The number of aromatic nitrogens is 2. The molecule has 1 fully saturated rings. The van der Waals surface area contributed by atoms with Crippen molar-refractivity contribution < 1.29 is 83.1 Å². The van der Waals surface area contributed by atoms with Crippen molar-refractivity contribution in [2.75, 3.05) is 11.5 Å². The van der Waals surface area contributed by atoms with Gasteiger partial charge in [0.15, 0.2) is 4.34 Å². The van der Waals surface area contributed by atoms with Gasteiger partial charge in [-0.25, -0.2) is 0 Å². The number of hydrogen-bond donors (Lipinski definition) is 1. The molecular weight excluding hydrogens is 533 g/mol. The average molecular weight is 549 g/mol. The minimum atomic E-state index is -5.19. The van der Waals surface area contributed by atoms with Gasteiger partial charge in [0.05, 0.1) is 11.9 Å². The first-order valence-electron chi connectivity index (χ1n) is 8.68. The minimum Gasteiger partial charge on any atom is -0.806 e. The average Bonchev–Trinajstić information content (AvgIpc) is 3.34. The Balaban J connectivity index is 0.00000181. The molecule has 0 saturated carbocycles. The molecule has 2 aromatic heterocycles. The summed E-state index contributed by atoms with van der Waals surface area (Å²) in [5.41, 5.74) is -0.0899. The van der Waals surface area contributed by atoms with Gasteiger partial charge in [0.1, 0.15) is 16.4 Å². The Morgan fingerprint density at radius 3 is 2.72 bits per heavy atom. The van der Waals surface area contributed by atoms with Gasteiger partial charge in [-0.1, -0.05) is 29.2 Å². The Morgan fingerprint density at radius 2 is 2.12 bits per heavy atom. The van der Waals surface area contributed by atoms with Gasteiger partial charge in [-0.15, -0.1) is 33.3 Å². The van der Waals surface area contributed by atoms with Crippen LogP contribution in [0.15, 0.2) is 32.9 Å². The Labute approximate surface area is 245 Å². The molecule has 160 valence electrons. The molecule has 0 aromatic carbocycles. The predicted molar refractivity (Wildman–Crippen MR) is 113 cm³/mol. The van der Waals surface area contributed by atoms with Gasteiger partial charge < -0.3 is 19.7 Å². The summed E-state index contributed by atoms with van der Waals surface area (Å²) in [6.45, 7) is 1.81. The number of β-lactam (4-membered cyclic amide) rings is 1. The first-order chi connectivity index (χ1) is 14.2. The minimum absolute atomic E-state index is 0. The zero-order chi connectivity index (χ0) is 21.5. The van der Waals surface area contributed by atoms with Gasteiger partial charge >= 0.3 is 59.1 Å². The van der Waals surface area contributed by atoms with Crippen LogP contribution in [-0.2, 0) is 20.6 Å². The zero-order valence-electron chi connectivity index (χ0n) is 17.5. The first kappa shape index (κ1) is 29.0. The maximum absolute atomic E-state index is 12.7. The molecule has 0 unspecified atom stereocenters. The van der Waals surface area contributed by atoms with Crippen LogP contribution >= 0.6 is 53.8 Å². The molecule has 2 atom stereocenters. The number of fused-ring (bicyclic) bond motifs is 1. The summed E-state index contributed by atoms with van der Waals surface area (Å²) in [4.78, 5) is 50.7. The van der Waals surface area contributed by atoms with E-state index in [1.165, 1.54) is 46.2 Å². The number of carbonyl (C=O) groups is 2. The van der Waals surface area contributed by atoms with Gasteiger partial charge in [-0.2, -0.15) is 0 Å². The Morgan fingerprint density at radius 1 is 1.38 bits per heavy atom. The molecule has 9 nitrogen and oxygen atoms in total. The van der Waals surface area contributed by atoms with Crippen LogP contribution in [0.3, 0.4) is 0 Å². The van der Waals surface area contributed by atoms with Crippen molar-refractivity contribution in [3.05, 3.63) is 38.4 Å². The Kier molecular flexibility index (Phi) is 11.0. The van der Waals surface area contributed by atoms with Crippen molar-refractivity contribution >= 4 is 65.6 Å². The van der Waals surface area contributed by atoms with Crippen molar-refractivity contribution in [1.82, 2.24) is 20.4 Å². The fourth-order valence-electron chi connectivity index (χ4n) is 3.13. The van der Waals surface area contributed by atoms with Crippen LogP contribution in [0.4, 0.5) is 0 Å². The number of nitrogens with one attached hydrogen (secondary N) is 1. The van der Waals surface area contributed by atoms with Gasteiger partial charge in [0, 0.05) is 16.4 Å². The van der Waals surface area contributed by atoms with Crippen LogP contribution < -0.4 is 74.2 Å². The molecule has 2 amide bonds. The molecule has 0 radical (unpaired) electrons. The second kappa shape index (κ2) is 12.2. The monoisotopic (exact) mass is 548 g/mol. The maximum Gasteiger partial charge on any atom is 1.00 e. The summed E-state index contributed by atoms with van der Waals surface area (Å²) in [6.07, 6.45) is 0.145. The fourth-order valence-corrected chi connectivity index (χ4v) is 8.46. The summed E-state index contributed by atoms with van der Waals surface area (Å²) in [5, 5.41) is 12.6. The third-order valence-electron chi connectivity index (χ3n) is 4.38. The van der Waals surface area contributed by atoms with E-state index < -0.39 is 30.4 Å². The van der Waals surface area contributed by atoms with E-state index in [2.05, 4.69) is 15.5 Å². The Bertz CT molecular complexity index is 1060. The molecule has 2 aliphatic rings. The number of carbonyl (C=O) groups excluding carboxylic acids is 2. The van der Waals surface area contributed by atoms with Gasteiger partial charge in [0.2, 0.25) is 5.91 Å². The van der Waals surface area contributed by atoms with Crippen molar-refractivity contribution in [2.24, 2.45) is 0 Å². The smallest absolute Gasteiger partial charge is 0.806 e. The van der Waals surface area contributed by atoms with Crippen LogP contribution in [0.1, 0.15) is 9.88 Å². The van der Waals surface area contributed by atoms with E-state index in [4.69, 9.17) is 0 Å². The number of thiophene rings is 1. The van der Waals surface area contributed by atoms with Crippen LogP contribution in [-0.4, -0.2) is 49.8 Å². The second-order valence-electron chi connectivity index (χ2n) is 6.51. The molecule has 1 saturated heterocycles. The van der Waals surface area contributed by atoms with E-state index in [1.54, 1.807) is 0 Å². The van der Waals surface area contributed by atoms with E-state index in [1.807, 2.05) is 24.4 Å². The van der Waals surface area contributed by atoms with Crippen molar-refractivity contribution in [3.63, 3.8) is 0 Å². The summed E-state index contributed by atoms with van der Waals surface area (Å²) in [7, 11) is -5.19. The molecule has 2 aliphatic heterocycles. The molecule has 4 heterocycles. The molecular formula is C16H15N4Na2O5PS4. The normalized spacial score (nSPS) is 20.1. The number of amides is 2. The summed E-state index contributed by atoms with van der Waals surface area (Å²) in [5.74, 6) is -0.401. The van der Waals surface area contributed by atoms with Gasteiger partial charge in [-0.05, 0) is 31.5 Å². The standard InChI is InChI=1S/C16H17N4O5PS4.2Na/c1-8-18-19-16(30-8)29-7-9-6-28-15-12(13(22)20(15)14(9)26(23,24)25)17-11(21)5-10-3-2-4-27-10;;/h2-4,12,15H,5-7H2,1H3,(H,17,21)(H2,23,24,25);;/q;2*+1/p-2/t12-,15+;;/m1../s1. The van der Waals surface area contributed by atoms with E-state index in [0.717, 1.165) is 14.8 Å². The van der Waals surface area contributed by atoms with E-state index >= 15 is 0 Å². The van der Waals surface area contributed by atoms with Crippen LogP contribution in [0.25, 0.3) is 0 Å². The number of aryl methyl sites for hydroxylation is 1. The largest absolute Gasteiger partial charge is 1.00 e. The molecule has 32 heavy (non-hydrogen) atoms. The molecule has 0 bridgehead atoms. The molecule has 1 N–H and O–H groups in total. The molecule has 0 spiro atoms. The third-order valence-corrected chi connectivity index (χ3v) is 9.71.